The van der Waals surface area contributed by atoms with Crippen LogP contribution in [-0.2, 0) is 14.1 Å². The lowest BCUT2D eigenvalue weighted by Crippen LogP contribution is -2.41. The van der Waals surface area contributed by atoms with Crippen LogP contribution in [0, 0.1) is 0 Å². The molecule has 0 aromatic heterocycles. The minimum atomic E-state index is -0.855. The van der Waals surface area contributed by atoms with Crippen LogP contribution in [0.4, 0.5) is 0 Å². The number of hydrogen-bond donors (Lipinski definition) is 1. The van der Waals surface area contributed by atoms with Crippen LogP contribution in [0.1, 0.15) is 41.5 Å². The second kappa shape index (κ2) is 5.58. The molecule has 22 heavy (non-hydrogen) atoms. The largest absolute Gasteiger partial charge is 0.494 e. The Bertz CT molecular complexity index is 550. The summed E-state index contributed by atoms with van der Waals surface area (Å²) in [5.74, 6) is -0.826. The predicted molar refractivity (Wildman–Crippen MR) is 89.7 cm³/mol. The van der Waals surface area contributed by atoms with E-state index in [4.69, 9.17) is 9.31 Å². The van der Waals surface area contributed by atoms with Crippen molar-refractivity contribution < 1.29 is 19.2 Å². The van der Waals surface area contributed by atoms with Crippen LogP contribution in [0.3, 0.4) is 0 Å². The second-order valence-electron chi connectivity index (χ2n) is 7.07. The number of rotatable bonds is 4. The first-order chi connectivity index (χ1) is 9.95. The van der Waals surface area contributed by atoms with Gasteiger partial charge in [0.05, 0.1) is 11.2 Å². The van der Waals surface area contributed by atoms with Crippen LogP contribution >= 0.6 is 11.8 Å². The first-order valence-corrected chi connectivity index (χ1v) is 8.14. The summed E-state index contributed by atoms with van der Waals surface area (Å²) in [6.07, 6.45) is 0. The Morgan fingerprint density at radius 2 is 1.55 bits per heavy atom. The van der Waals surface area contributed by atoms with Crippen molar-refractivity contribution in [1.29, 1.82) is 0 Å². The van der Waals surface area contributed by atoms with Crippen molar-refractivity contribution in [3.05, 3.63) is 24.3 Å². The standard InChI is InChI=1S/C16H23BO4S/c1-14(2,13(18)19)22-12-9-7-11(8-10-12)17-20-15(3,4)16(5,6)21-17/h7-10H,1-6H3,(H,18,19). The smallest absolute Gasteiger partial charge is 0.480 e. The minimum absolute atomic E-state index is 0.365. The molecule has 0 aliphatic carbocycles. The zero-order valence-electron chi connectivity index (χ0n) is 14.0. The highest BCUT2D eigenvalue weighted by Gasteiger charge is 2.51. The van der Waals surface area contributed by atoms with Crippen molar-refractivity contribution in [1.82, 2.24) is 0 Å². The van der Waals surface area contributed by atoms with E-state index in [-0.39, 0.29) is 11.2 Å². The third-order valence-electron chi connectivity index (χ3n) is 4.29. The first kappa shape index (κ1) is 17.4. The molecule has 120 valence electrons. The van der Waals surface area contributed by atoms with E-state index in [1.807, 2.05) is 52.0 Å². The van der Waals surface area contributed by atoms with Gasteiger partial charge in [-0.3, -0.25) is 4.79 Å². The van der Waals surface area contributed by atoms with Crippen molar-refractivity contribution in [3.8, 4) is 0 Å². The van der Waals surface area contributed by atoms with Crippen LogP contribution in [-0.4, -0.2) is 34.1 Å². The molecule has 2 rings (SSSR count). The number of carboxylic acid groups (broad SMARTS) is 1. The highest BCUT2D eigenvalue weighted by Crippen LogP contribution is 2.37. The van der Waals surface area contributed by atoms with E-state index in [1.54, 1.807) is 13.8 Å². The van der Waals surface area contributed by atoms with E-state index in [2.05, 4.69) is 0 Å². The van der Waals surface area contributed by atoms with Gasteiger partial charge in [-0.1, -0.05) is 12.1 Å². The van der Waals surface area contributed by atoms with Gasteiger partial charge in [0.15, 0.2) is 0 Å². The van der Waals surface area contributed by atoms with Gasteiger partial charge in [-0.2, -0.15) is 0 Å². The predicted octanol–water partition coefficient (Wildman–Crippen LogP) is 2.94. The lowest BCUT2D eigenvalue weighted by atomic mass is 9.79. The molecule has 0 atom stereocenters. The van der Waals surface area contributed by atoms with Gasteiger partial charge in [0.2, 0.25) is 0 Å². The second-order valence-corrected chi connectivity index (χ2v) is 8.77. The molecule has 0 bridgehead atoms. The van der Waals surface area contributed by atoms with Crippen molar-refractivity contribution in [3.63, 3.8) is 0 Å². The highest BCUT2D eigenvalue weighted by atomic mass is 32.2. The van der Waals surface area contributed by atoms with Gasteiger partial charge >= 0.3 is 13.1 Å². The number of benzene rings is 1. The molecule has 1 saturated heterocycles. The molecule has 0 amide bonds. The van der Waals surface area contributed by atoms with Crippen molar-refractivity contribution >= 4 is 30.3 Å². The molecule has 6 heteroatoms. The third-order valence-corrected chi connectivity index (χ3v) is 5.49. The summed E-state index contributed by atoms with van der Waals surface area (Å²) in [6.45, 7) is 11.5. The molecule has 1 fully saturated rings. The summed E-state index contributed by atoms with van der Waals surface area (Å²) >= 11 is 1.32. The molecule has 0 radical (unpaired) electrons. The average Bonchev–Trinajstić information content (AvgIpc) is 2.58. The molecule has 1 aliphatic heterocycles. The quantitative estimate of drug-likeness (QED) is 0.682. The fourth-order valence-electron chi connectivity index (χ4n) is 2.01. The van der Waals surface area contributed by atoms with Gasteiger partial charge in [0.1, 0.15) is 4.75 Å². The van der Waals surface area contributed by atoms with Crippen LogP contribution < -0.4 is 5.46 Å². The van der Waals surface area contributed by atoms with E-state index in [0.717, 1.165) is 10.4 Å². The van der Waals surface area contributed by atoms with Gasteiger partial charge in [-0.15, -0.1) is 11.8 Å². The molecule has 1 heterocycles. The Labute approximate surface area is 136 Å². The molecular weight excluding hydrogens is 299 g/mol. The average molecular weight is 322 g/mol. The Hall–Kier alpha value is -0.975. The molecular formula is C16H23BO4S. The molecule has 0 unspecified atom stereocenters. The molecule has 1 aliphatic rings. The summed E-state index contributed by atoms with van der Waals surface area (Å²) in [4.78, 5) is 12.1. The number of hydrogen-bond acceptors (Lipinski definition) is 4. The molecule has 1 aromatic carbocycles. The van der Waals surface area contributed by atoms with Gasteiger partial charge in [-0.25, -0.2) is 0 Å². The first-order valence-electron chi connectivity index (χ1n) is 7.33. The minimum Gasteiger partial charge on any atom is -0.480 e. The van der Waals surface area contributed by atoms with E-state index < -0.39 is 17.8 Å². The Kier molecular flexibility index (Phi) is 4.41. The molecule has 1 N–H and O–H groups in total. The van der Waals surface area contributed by atoms with E-state index in [1.165, 1.54) is 11.8 Å². The lowest BCUT2D eigenvalue weighted by Gasteiger charge is -2.32. The zero-order valence-corrected chi connectivity index (χ0v) is 14.8. The topological polar surface area (TPSA) is 55.8 Å². The Morgan fingerprint density at radius 1 is 1.09 bits per heavy atom. The summed E-state index contributed by atoms with van der Waals surface area (Å²) in [6, 6.07) is 7.69. The van der Waals surface area contributed by atoms with Crippen molar-refractivity contribution in [2.75, 3.05) is 0 Å². The van der Waals surface area contributed by atoms with Crippen LogP contribution in [0.5, 0.6) is 0 Å². The lowest BCUT2D eigenvalue weighted by molar-refractivity contribution is -0.138. The number of carboxylic acids is 1. The SMILES string of the molecule is CC(C)(Sc1ccc(B2OC(C)(C)C(C)(C)O2)cc1)C(=O)O. The number of thioether (sulfide) groups is 1. The third kappa shape index (κ3) is 3.34. The molecule has 0 saturated carbocycles. The summed E-state index contributed by atoms with van der Waals surface area (Å²) in [5, 5.41) is 9.18. The molecule has 0 spiro atoms. The Balaban J connectivity index is 2.12. The van der Waals surface area contributed by atoms with Gasteiger partial charge in [0.25, 0.3) is 0 Å². The normalized spacial score (nSPS) is 20.2. The number of carbonyl (C=O) groups is 1. The van der Waals surface area contributed by atoms with E-state index in [9.17, 15) is 9.90 Å². The maximum absolute atomic E-state index is 11.2. The molecule has 1 aromatic rings. The van der Waals surface area contributed by atoms with Crippen molar-refractivity contribution in [2.45, 2.75) is 62.4 Å². The summed E-state index contributed by atoms with van der Waals surface area (Å²) in [7, 11) is -0.392. The number of aliphatic carboxylic acids is 1. The maximum Gasteiger partial charge on any atom is 0.494 e. The van der Waals surface area contributed by atoms with Gasteiger partial charge in [-0.05, 0) is 59.1 Å². The van der Waals surface area contributed by atoms with Crippen LogP contribution in [0.15, 0.2) is 29.2 Å². The maximum atomic E-state index is 11.2. The summed E-state index contributed by atoms with van der Waals surface area (Å²) in [5.41, 5.74) is 0.211. The van der Waals surface area contributed by atoms with Crippen LogP contribution in [0.25, 0.3) is 0 Å². The van der Waals surface area contributed by atoms with Gasteiger partial charge in [0, 0.05) is 4.90 Å². The molecule has 4 nitrogen and oxygen atoms in total. The monoisotopic (exact) mass is 322 g/mol. The Morgan fingerprint density at radius 3 is 1.95 bits per heavy atom. The van der Waals surface area contributed by atoms with Gasteiger partial charge < -0.3 is 14.4 Å². The van der Waals surface area contributed by atoms with Crippen molar-refractivity contribution in [2.24, 2.45) is 0 Å². The van der Waals surface area contributed by atoms with E-state index >= 15 is 0 Å². The summed E-state index contributed by atoms with van der Waals surface area (Å²) < 4.78 is 11.2. The van der Waals surface area contributed by atoms with Crippen LogP contribution in [0.2, 0.25) is 0 Å². The zero-order chi connectivity index (χ0) is 16.8. The van der Waals surface area contributed by atoms with E-state index in [0.29, 0.717) is 0 Å². The fourth-order valence-corrected chi connectivity index (χ4v) is 2.96. The fraction of sp³-hybridized carbons (Fsp3) is 0.562. The highest BCUT2D eigenvalue weighted by molar-refractivity contribution is 8.01.